The van der Waals surface area contributed by atoms with Crippen molar-refractivity contribution in [2.75, 3.05) is 31.6 Å². The van der Waals surface area contributed by atoms with Gasteiger partial charge in [0, 0.05) is 37.7 Å². The zero-order valence-corrected chi connectivity index (χ0v) is 14.4. The van der Waals surface area contributed by atoms with E-state index in [-0.39, 0.29) is 12.4 Å². The van der Waals surface area contributed by atoms with Crippen LogP contribution in [0.25, 0.3) is 11.1 Å². The number of hydrogen-bond donors (Lipinski definition) is 0. The third kappa shape index (κ3) is 3.22. The normalized spacial score (nSPS) is 25.7. The zero-order valence-electron chi connectivity index (χ0n) is 13.6. The lowest BCUT2D eigenvalue weighted by atomic mass is 9.83. The Morgan fingerprint density at radius 3 is 2.35 bits per heavy atom. The van der Waals surface area contributed by atoms with Gasteiger partial charge in [-0.3, -0.25) is 4.98 Å². The quantitative estimate of drug-likeness (QED) is 0.856. The van der Waals surface area contributed by atoms with Crippen molar-refractivity contribution in [1.82, 2.24) is 9.88 Å². The zero-order chi connectivity index (χ0) is 14.9. The molecule has 4 heteroatoms. The van der Waals surface area contributed by atoms with Crippen molar-refractivity contribution >= 4 is 18.1 Å². The maximum atomic E-state index is 4.20. The van der Waals surface area contributed by atoms with Crippen molar-refractivity contribution < 1.29 is 0 Å². The minimum atomic E-state index is 0. The van der Waals surface area contributed by atoms with E-state index in [4.69, 9.17) is 0 Å². The smallest absolute Gasteiger partial charge is 0.0442 e. The summed E-state index contributed by atoms with van der Waals surface area (Å²) in [5.41, 5.74) is 3.74. The van der Waals surface area contributed by atoms with Gasteiger partial charge in [0.15, 0.2) is 0 Å². The summed E-state index contributed by atoms with van der Waals surface area (Å²) < 4.78 is 0. The first-order valence-electron chi connectivity index (χ1n) is 8.27. The molecule has 0 N–H and O–H groups in total. The van der Waals surface area contributed by atoms with Crippen LogP contribution < -0.4 is 4.90 Å². The Bertz CT molecular complexity index is 621. The second-order valence-electron chi connectivity index (χ2n) is 6.60. The lowest BCUT2D eigenvalue weighted by Crippen LogP contribution is -2.56. The van der Waals surface area contributed by atoms with E-state index >= 15 is 0 Å². The molecule has 0 saturated carbocycles. The molecule has 3 nitrogen and oxygen atoms in total. The third-order valence-corrected chi connectivity index (χ3v) is 5.39. The summed E-state index contributed by atoms with van der Waals surface area (Å²) in [7, 11) is 2.26. The van der Waals surface area contributed by atoms with E-state index in [1.165, 1.54) is 49.3 Å². The Kier molecular flexibility index (Phi) is 4.88. The number of pyridine rings is 1. The molecule has 5 rings (SSSR count). The van der Waals surface area contributed by atoms with Gasteiger partial charge in [0.1, 0.15) is 0 Å². The minimum Gasteiger partial charge on any atom is -0.370 e. The second kappa shape index (κ2) is 6.90. The first kappa shape index (κ1) is 16.3. The Hall–Kier alpha value is -1.58. The van der Waals surface area contributed by atoms with Gasteiger partial charge in [-0.1, -0.05) is 18.2 Å². The van der Waals surface area contributed by atoms with Gasteiger partial charge in [-0.15, -0.1) is 12.4 Å². The lowest BCUT2D eigenvalue weighted by molar-refractivity contribution is 0.0874. The lowest BCUT2D eigenvalue weighted by Gasteiger charge is -2.48. The molecular formula is C19H24ClN3. The number of rotatable bonds is 3. The molecule has 3 fully saturated rings. The van der Waals surface area contributed by atoms with Crippen LogP contribution >= 0.6 is 12.4 Å². The molecule has 3 saturated heterocycles. The fourth-order valence-electron chi connectivity index (χ4n) is 3.99. The molecule has 2 bridgehead atoms. The molecular weight excluding hydrogens is 306 g/mol. The van der Waals surface area contributed by atoms with E-state index in [2.05, 4.69) is 52.2 Å². The summed E-state index contributed by atoms with van der Waals surface area (Å²) in [4.78, 5) is 9.31. The van der Waals surface area contributed by atoms with Crippen LogP contribution in [0.2, 0.25) is 0 Å². The fourth-order valence-corrected chi connectivity index (χ4v) is 3.99. The van der Waals surface area contributed by atoms with Crippen molar-refractivity contribution in [3.05, 3.63) is 48.8 Å². The van der Waals surface area contributed by atoms with E-state index in [0.29, 0.717) is 6.04 Å². The minimum absolute atomic E-state index is 0. The van der Waals surface area contributed by atoms with E-state index in [1.54, 1.807) is 0 Å². The molecule has 0 amide bonds. The van der Waals surface area contributed by atoms with Crippen LogP contribution in [0, 0.1) is 5.92 Å². The standard InChI is InChI=1S/C19H23N3.ClH/c1-21(19-14-22-11-8-16(19)9-12-22)18-6-4-15(5-7-18)17-3-2-10-20-13-17;/h2-7,10,13,16,19H,8-9,11-12,14H2,1H3;1H. The second-order valence-corrected chi connectivity index (χ2v) is 6.60. The van der Waals surface area contributed by atoms with Crippen LogP contribution in [0.5, 0.6) is 0 Å². The van der Waals surface area contributed by atoms with Crippen LogP contribution in [0.1, 0.15) is 12.8 Å². The fraction of sp³-hybridized carbons (Fsp3) is 0.421. The predicted octanol–water partition coefficient (Wildman–Crippen LogP) is 3.70. The van der Waals surface area contributed by atoms with Crippen LogP contribution in [0.15, 0.2) is 48.8 Å². The molecule has 3 aliphatic rings. The maximum absolute atomic E-state index is 4.20. The molecule has 23 heavy (non-hydrogen) atoms. The Labute approximate surface area is 144 Å². The molecule has 3 aliphatic heterocycles. The van der Waals surface area contributed by atoms with Gasteiger partial charge in [-0.05, 0) is 61.2 Å². The van der Waals surface area contributed by atoms with Crippen LogP contribution in [-0.2, 0) is 0 Å². The molecule has 1 unspecified atom stereocenters. The highest BCUT2D eigenvalue weighted by Gasteiger charge is 2.36. The van der Waals surface area contributed by atoms with Crippen molar-refractivity contribution in [3.8, 4) is 11.1 Å². The molecule has 0 aliphatic carbocycles. The van der Waals surface area contributed by atoms with Crippen molar-refractivity contribution in [1.29, 1.82) is 0 Å². The summed E-state index contributed by atoms with van der Waals surface area (Å²) in [6.07, 6.45) is 6.47. The molecule has 122 valence electrons. The van der Waals surface area contributed by atoms with Gasteiger partial charge < -0.3 is 9.80 Å². The largest absolute Gasteiger partial charge is 0.370 e. The molecule has 1 atom stereocenters. The summed E-state index contributed by atoms with van der Waals surface area (Å²) in [5, 5.41) is 0. The summed E-state index contributed by atoms with van der Waals surface area (Å²) in [6, 6.07) is 13.7. The number of hydrogen-bond acceptors (Lipinski definition) is 3. The SMILES string of the molecule is CN(c1ccc(-c2cccnc2)cc1)C1CN2CCC1CC2.Cl. The van der Waals surface area contributed by atoms with E-state index in [9.17, 15) is 0 Å². The van der Waals surface area contributed by atoms with Gasteiger partial charge in [-0.25, -0.2) is 0 Å². The predicted molar refractivity (Wildman–Crippen MR) is 98.3 cm³/mol. The number of nitrogens with zero attached hydrogens (tertiary/aromatic N) is 3. The van der Waals surface area contributed by atoms with Crippen molar-refractivity contribution in [2.45, 2.75) is 18.9 Å². The Balaban J connectivity index is 0.00000156. The number of aromatic nitrogens is 1. The van der Waals surface area contributed by atoms with Crippen LogP contribution in [-0.4, -0.2) is 42.6 Å². The van der Waals surface area contributed by atoms with E-state index in [1.807, 2.05) is 18.5 Å². The molecule has 1 aromatic carbocycles. The van der Waals surface area contributed by atoms with E-state index < -0.39 is 0 Å². The van der Waals surface area contributed by atoms with Crippen molar-refractivity contribution in [2.24, 2.45) is 5.92 Å². The third-order valence-electron chi connectivity index (χ3n) is 5.39. The average Bonchev–Trinajstić information content (AvgIpc) is 2.63. The number of likely N-dealkylation sites (N-methyl/N-ethyl adjacent to an activating group) is 1. The Morgan fingerprint density at radius 2 is 1.78 bits per heavy atom. The number of halogens is 1. The van der Waals surface area contributed by atoms with Gasteiger partial charge in [-0.2, -0.15) is 0 Å². The first-order chi connectivity index (χ1) is 10.8. The van der Waals surface area contributed by atoms with Crippen LogP contribution in [0.3, 0.4) is 0 Å². The molecule has 1 aromatic heterocycles. The highest BCUT2D eigenvalue weighted by molar-refractivity contribution is 5.85. The monoisotopic (exact) mass is 329 g/mol. The highest BCUT2D eigenvalue weighted by atomic mass is 35.5. The Morgan fingerprint density at radius 1 is 1.04 bits per heavy atom. The average molecular weight is 330 g/mol. The summed E-state index contributed by atoms with van der Waals surface area (Å²) in [5.74, 6) is 0.869. The number of fused-ring (bicyclic) bond motifs is 3. The van der Waals surface area contributed by atoms with Crippen LogP contribution in [0.4, 0.5) is 5.69 Å². The van der Waals surface area contributed by atoms with Gasteiger partial charge in [0.2, 0.25) is 0 Å². The molecule has 0 spiro atoms. The van der Waals surface area contributed by atoms with Gasteiger partial charge >= 0.3 is 0 Å². The highest BCUT2D eigenvalue weighted by Crippen LogP contribution is 2.33. The van der Waals surface area contributed by atoms with Gasteiger partial charge in [0.05, 0.1) is 0 Å². The number of anilines is 1. The summed E-state index contributed by atoms with van der Waals surface area (Å²) >= 11 is 0. The number of benzene rings is 1. The maximum Gasteiger partial charge on any atom is 0.0442 e. The molecule has 2 aromatic rings. The first-order valence-corrected chi connectivity index (χ1v) is 8.27. The van der Waals surface area contributed by atoms with Crippen molar-refractivity contribution in [3.63, 3.8) is 0 Å². The number of piperidine rings is 3. The molecule has 4 heterocycles. The van der Waals surface area contributed by atoms with E-state index in [0.717, 1.165) is 5.92 Å². The summed E-state index contributed by atoms with van der Waals surface area (Å²) in [6.45, 7) is 3.83. The molecule has 0 radical (unpaired) electrons. The topological polar surface area (TPSA) is 19.4 Å². The van der Waals surface area contributed by atoms with Gasteiger partial charge in [0.25, 0.3) is 0 Å².